The highest BCUT2D eigenvalue weighted by Gasteiger charge is 2.31. The lowest BCUT2D eigenvalue weighted by Crippen LogP contribution is -2.48. The quantitative estimate of drug-likeness (QED) is 0.748. The summed E-state index contributed by atoms with van der Waals surface area (Å²) < 4.78 is 38.7. The highest BCUT2D eigenvalue weighted by molar-refractivity contribution is 5.76. The van der Waals surface area contributed by atoms with Gasteiger partial charge in [-0.15, -0.1) is 0 Å². The number of alkyl halides is 3. The van der Waals surface area contributed by atoms with Crippen molar-refractivity contribution in [2.45, 2.75) is 32.4 Å². The molecule has 2 aromatic rings. The number of piperazine rings is 1. The first-order chi connectivity index (χ1) is 13.4. The van der Waals surface area contributed by atoms with Crippen molar-refractivity contribution < 1.29 is 18.0 Å². The Bertz CT molecular complexity index is 794. The number of halogens is 3. The van der Waals surface area contributed by atoms with Crippen LogP contribution >= 0.6 is 0 Å². The lowest BCUT2D eigenvalue weighted by molar-refractivity contribution is -0.137. The number of aryl methyl sites for hydroxylation is 2. The Kier molecular flexibility index (Phi) is 6.27. The fraction of sp³-hybridized carbons (Fsp3) is 0.409. The van der Waals surface area contributed by atoms with E-state index < -0.39 is 11.7 Å². The number of hydrogen-bond acceptors (Lipinski definition) is 2. The van der Waals surface area contributed by atoms with Crippen molar-refractivity contribution in [2.75, 3.05) is 31.1 Å². The van der Waals surface area contributed by atoms with E-state index in [0.29, 0.717) is 44.7 Å². The molecule has 28 heavy (non-hydrogen) atoms. The van der Waals surface area contributed by atoms with Crippen molar-refractivity contribution in [3.8, 4) is 0 Å². The Morgan fingerprint density at radius 1 is 0.964 bits per heavy atom. The summed E-state index contributed by atoms with van der Waals surface area (Å²) in [6.07, 6.45) is -2.19. The summed E-state index contributed by atoms with van der Waals surface area (Å²) in [6, 6.07) is 13.7. The number of anilines is 1. The van der Waals surface area contributed by atoms with E-state index in [1.165, 1.54) is 17.7 Å². The average Bonchev–Trinajstić information content (AvgIpc) is 2.72. The third-order valence-electron chi connectivity index (χ3n) is 5.23. The summed E-state index contributed by atoms with van der Waals surface area (Å²) in [5.74, 6) is 0.100. The molecule has 0 spiro atoms. The first-order valence-corrected chi connectivity index (χ1v) is 9.64. The number of rotatable bonds is 5. The SMILES string of the molecule is CCc1ccc(CCC(=O)N2CCN(c3cccc(C(F)(F)F)c3)CC2)cc1. The van der Waals surface area contributed by atoms with Crippen molar-refractivity contribution in [1.82, 2.24) is 4.90 Å². The summed E-state index contributed by atoms with van der Waals surface area (Å²) in [7, 11) is 0. The number of hydrogen-bond donors (Lipinski definition) is 0. The number of carbonyl (C=O) groups excluding carboxylic acids is 1. The van der Waals surface area contributed by atoms with Gasteiger partial charge in [0.1, 0.15) is 0 Å². The Hall–Kier alpha value is -2.50. The van der Waals surface area contributed by atoms with Crippen molar-refractivity contribution >= 4 is 11.6 Å². The molecule has 0 radical (unpaired) electrons. The van der Waals surface area contributed by atoms with E-state index in [1.54, 1.807) is 6.07 Å². The van der Waals surface area contributed by atoms with Gasteiger partial charge in [-0.05, 0) is 42.2 Å². The third-order valence-corrected chi connectivity index (χ3v) is 5.23. The fourth-order valence-corrected chi connectivity index (χ4v) is 3.44. The molecule has 1 aliphatic heterocycles. The zero-order valence-electron chi connectivity index (χ0n) is 16.0. The summed E-state index contributed by atoms with van der Waals surface area (Å²) in [4.78, 5) is 16.2. The maximum atomic E-state index is 12.9. The van der Waals surface area contributed by atoms with Gasteiger partial charge in [-0.1, -0.05) is 37.3 Å². The van der Waals surface area contributed by atoms with E-state index >= 15 is 0 Å². The van der Waals surface area contributed by atoms with Gasteiger partial charge < -0.3 is 9.80 Å². The zero-order chi connectivity index (χ0) is 20.1. The highest BCUT2D eigenvalue weighted by Crippen LogP contribution is 2.31. The molecule has 3 rings (SSSR count). The lowest BCUT2D eigenvalue weighted by Gasteiger charge is -2.36. The van der Waals surface area contributed by atoms with Crippen LogP contribution in [-0.4, -0.2) is 37.0 Å². The van der Waals surface area contributed by atoms with Crippen LogP contribution in [0.3, 0.4) is 0 Å². The summed E-state index contributed by atoms with van der Waals surface area (Å²) in [6.45, 7) is 4.25. The molecular weight excluding hydrogens is 365 g/mol. The number of benzene rings is 2. The van der Waals surface area contributed by atoms with Crippen LogP contribution in [-0.2, 0) is 23.8 Å². The van der Waals surface area contributed by atoms with Gasteiger partial charge in [0.25, 0.3) is 0 Å². The molecule has 2 aromatic carbocycles. The second-order valence-electron chi connectivity index (χ2n) is 7.09. The van der Waals surface area contributed by atoms with Crippen LogP contribution in [0.25, 0.3) is 0 Å². The van der Waals surface area contributed by atoms with Gasteiger partial charge >= 0.3 is 6.18 Å². The van der Waals surface area contributed by atoms with Crippen LogP contribution in [0.2, 0.25) is 0 Å². The number of amides is 1. The molecule has 0 unspecified atom stereocenters. The first kappa shape index (κ1) is 20.2. The predicted octanol–water partition coefficient (Wildman–Crippen LogP) is 4.55. The summed E-state index contributed by atoms with van der Waals surface area (Å²) in [5, 5.41) is 0. The molecule has 1 saturated heterocycles. The normalized spacial score (nSPS) is 15.0. The summed E-state index contributed by atoms with van der Waals surface area (Å²) in [5.41, 5.74) is 2.34. The second kappa shape index (κ2) is 8.67. The Balaban J connectivity index is 1.51. The number of nitrogens with zero attached hydrogens (tertiary/aromatic N) is 2. The monoisotopic (exact) mass is 390 g/mol. The van der Waals surface area contributed by atoms with Gasteiger partial charge in [0, 0.05) is 38.3 Å². The van der Waals surface area contributed by atoms with E-state index in [1.807, 2.05) is 9.80 Å². The number of carbonyl (C=O) groups is 1. The Morgan fingerprint density at radius 2 is 1.61 bits per heavy atom. The molecule has 0 aromatic heterocycles. The van der Waals surface area contributed by atoms with Crippen molar-refractivity contribution in [1.29, 1.82) is 0 Å². The lowest BCUT2D eigenvalue weighted by atomic mass is 10.1. The average molecular weight is 390 g/mol. The van der Waals surface area contributed by atoms with Crippen LogP contribution < -0.4 is 4.90 Å². The predicted molar refractivity (Wildman–Crippen MR) is 104 cm³/mol. The minimum atomic E-state index is -4.34. The van der Waals surface area contributed by atoms with Crippen molar-refractivity contribution in [3.63, 3.8) is 0 Å². The molecule has 1 fully saturated rings. The Morgan fingerprint density at radius 3 is 2.21 bits per heavy atom. The highest BCUT2D eigenvalue weighted by atomic mass is 19.4. The first-order valence-electron chi connectivity index (χ1n) is 9.64. The maximum Gasteiger partial charge on any atom is 0.416 e. The van der Waals surface area contributed by atoms with Crippen LogP contribution in [0.15, 0.2) is 48.5 Å². The standard InChI is InChI=1S/C22H25F3N2O/c1-2-17-6-8-18(9-7-17)10-11-21(28)27-14-12-26(13-15-27)20-5-3-4-19(16-20)22(23,24)25/h3-9,16H,2,10-15H2,1H3. The molecular formula is C22H25F3N2O. The van der Waals surface area contributed by atoms with Gasteiger partial charge in [0.2, 0.25) is 5.91 Å². The van der Waals surface area contributed by atoms with Crippen LogP contribution in [0.1, 0.15) is 30.0 Å². The van der Waals surface area contributed by atoms with E-state index in [-0.39, 0.29) is 5.91 Å². The van der Waals surface area contributed by atoms with Crippen molar-refractivity contribution in [2.24, 2.45) is 0 Å². The van der Waals surface area contributed by atoms with Crippen molar-refractivity contribution in [3.05, 3.63) is 65.2 Å². The second-order valence-corrected chi connectivity index (χ2v) is 7.09. The molecule has 0 atom stereocenters. The minimum Gasteiger partial charge on any atom is -0.368 e. The van der Waals surface area contributed by atoms with Crippen LogP contribution in [0.5, 0.6) is 0 Å². The smallest absolute Gasteiger partial charge is 0.368 e. The molecule has 6 heteroatoms. The van der Waals surface area contributed by atoms with E-state index in [0.717, 1.165) is 18.1 Å². The molecule has 1 amide bonds. The molecule has 0 saturated carbocycles. The molecule has 1 aliphatic rings. The van der Waals surface area contributed by atoms with E-state index in [4.69, 9.17) is 0 Å². The molecule has 0 bridgehead atoms. The zero-order valence-corrected chi connectivity index (χ0v) is 16.0. The van der Waals surface area contributed by atoms with Gasteiger partial charge in [-0.25, -0.2) is 0 Å². The fourth-order valence-electron chi connectivity index (χ4n) is 3.44. The van der Waals surface area contributed by atoms with Crippen LogP contribution in [0, 0.1) is 0 Å². The molecule has 0 aliphatic carbocycles. The maximum absolute atomic E-state index is 12.9. The molecule has 1 heterocycles. The topological polar surface area (TPSA) is 23.6 Å². The van der Waals surface area contributed by atoms with Gasteiger partial charge in [-0.3, -0.25) is 4.79 Å². The van der Waals surface area contributed by atoms with Gasteiger partial charge in [-0.2, -0.15) is 13.2 Å². The third kappa shape index (κ3) is 5.06. The molecule has 0 N–H and O–H groups in total. The largest absolute Gasteiger partial charge is 0.416 e. The van der Waals surface area contributed by atoms with E-state index in [9.17, 15) is 18.0 Å². The van der Waals surface area contributed by atoms with Crippen LogP contribution in [0.4, 0.5) is 18.9 Å². The molecule has 150 valence electrons. The summed E-state index contributed by atoms with van der Waals surface area (Å²) >= 11 is 0. The molecule has 3 nitrogen and oxygen atoms in total. The van der Waals surface area contributed by atoms with E-state index in [2.05, 4.69) is 31.2 Å². The van der Waals surface area contributed by atoms with Gasteiger partial charge in [0.05, 0.1) is 5.56 Å². The van der Waals surface area contributed by atoms with Gasteiger partial charge in [0.15, 0.2) is 0 Å². The Labute approximate surface area is 163 Å². The minimum absolute atomic E-state index is 0.100.